The molecule has 0 saturated heterocycles. The van der Waals surface area contributed by atoms with Crippen LogP contribution in [0.15, 0.2) is 35.7 Å². The molecule has 0 bridgehead atoms. The van der Waals surface area contributed by atoms with Gasteiger partial charge in [-0.2, -0.15) is 0 Å². The Morgan fingerprint density at radius 2 is 2.15 bits per heavy atom. The number of hydrogen-bond acceptors (Lipinski definition) is 3. The number of hydrogen-bond donors (Lipinski definition) is 1. The van der Waals surface area contributed by atoms with Crippen molar-refractivity contribution in [2.24, 2.45) is 0 Å². The molecule has 0 atom stereocenters. The van der Waals surface area contributed by atoms with Gasteiger partial charge in [-0.25, -0.2) is 4.79 Å². The van der Waals surface area contributed by atoms with Crippen LogP contribution in [-0.2, 0) is 13.0 Å². The second kappa shape index (κ2) is 6.88. The normalized spacial score (nSPS) is 10.9. The third-order valence-corrected chi connectivity index (χ3v) is 4.33. The summed E-state index contributed by atoms with van der Waals surface area (Å²) in [6.07, 6.45) is 0.720. The molecule has 0 aliphatic rings. The summed E-state index contributed by atoms with van der Waals surface area (Å²) >= 11 is 7.54. The minimum atomic E-state index is -0.867. The topological polar surface area (TPSA) is 40.5 Å². The lowest BCUT2D eigenvalue weighted by atomic mass is 10.0. The van der Waals surface area contributed by atoms with E-state index in [2.05, 4.69) is 4.90 Å². The van der Waals surface area contributed by atoms with Crippen molar-refractivity contribution in [1.82, 2.24) is 4.90 Å². The van der Waals surface area contributed by atoms with Crippen molar-refractivity contribution < 1.29 is 9.90 Å². The number of likely N-dealkylation sites (N-methyl/N-ethyl adjacent to an activating group) is 1. The Kier molecular flexibility index (Phi) is 5.17. The average Bonchev–Trinajstić information content (AvgIpc) is 2.82. The number of nitrogens with zero attached hydrogens (tertiary/aromatic N) is 1. The van der Waals surface area contributed by atoms with E-state index in [1.165, 1.54) is 4.88 Å². The fourth-order valence-corrected chi connectivity index (χ4v) is 3.19. The maximum atomic E-state index is 11.1. The summed E-state index contributed by atoms with van der Waals surface area (Å²) in [4.78, 5) is 14.5. The van der Waals surface area contributed by atoms with Crippen molar-refractivity contribution in [1.29, 1.82) is 0 Å². The first kappa shape index (κ1) is 15.0. The molecule has 1 aromatic carbocycles. The lowest BCUT2D eigenvalue weighted by molar-refractivity contribution is 0.0695. The molecule has 0 unspecified atom stereocenters. The zero-order valence-corrected chi connectivity index (χ0v) is 12.7. The summed E-state index contributed by atoms with van der Waals surface area (Å²) in [6.45, 7) is 1.63. The van der Waals surface area contributed by atoms with Gasteiger partial charge >= 0.3 is 5.97 Å². The van der Waals surface area contributed by atoms with Crippen LogP contribution in [0.3, 0.4) is 0 Å². The van der Waals surface area contributed by atoms with Crippen LogP contribution in [0.2, 0.25) is 5.02 Å². The monoisotopic (exact) mass is 309 g/mol. The number of carboxylic acids is 1. The van der Waals surface area contributed by atoms with Gasteiger partial charge < -0.3 is 10.0 Å². The summed E-state index contributed by atoms with van der Waals surface area (Å²) in [5.41, 5.74) is 1.26. The fraction of sp³-hybridized carbons (Fsp3) is 0.267. The lowest BCUT2D eigenvalue weighted by Crippen LogP contribution is -2.21. The van der Waals surface area contributed by atoms with Gasteiger partial charge in [-0.05, 0) is 31.2 Å². The predicted molar refractivity (Wildman–Crippen MR) is 82.8 cm³/mol. The first-order valence-corrected chi connectivity index (χ1v) is 7.54. The molecular weight excluding hydrogens is 294 g/mol. The molecule has 3 nitrogen and oxygen atoms in total. The van der Waals surface area contributed by atoms with Crippen LogP contribution in [0.1, 0.15) is 20.8 Å². The van der Waals surface area contributed by atoms with Gasteiger partial charge in [0.2, 0.25) is 0 Å². The second-order valence-corrected chi connectivity index (χ2v) is 6.11. The Morgan fingerprint density at radius 1 is 1.40 bits per heavy atom. The molecule has 1 heterocycles. The SMILES string of the molecule is CN(CCc1ccccc1C(=O)O)Cc1cc(Cl)cs1. The van der Waals surface area contributed by atoms with E-state index in [0.717, 1.165) is 30.1 Å². The van der Waals surface area contributed by atoms with E-state index in [-0.39, 0.29) is 0 Å². The number of carboxylic acid groups (broad SMARTS) is 1. The summed E-state index contributed by atoms with van der Waals surface area (Å²) in [5, 5.41) is 11.8. The van der Waals surface area contributed by atoms with E-state index in [4.69, 9.17) is 16.7 Å². The van der Waals surface area contributed by atoms with Crippen LogP contribution >= 0.6 is 22.9 Å². The van der Waals surface area contributed by atoms with Crippen molar-refractivity contribution in [2.75, 3.05) is 13.6 Å². The predicted octanol–water partition coefficient (Wildman–Crippen LogP) is 3.77. The molecule has 1 N–H and O–H groups in total. The van der Waals surface area contributed by atoms with Gasteiger partial charge in [0.05, 0.1) is 10.6 Å². The largest absolute Gasteiger partial charge is 0.478 e. The quantitative estimate of drug-likeness (QED) is 0.883. The van der Waals surface area contributed by atoms with Crippen LogP contribution in [0.4, 0.5) is 0 Å². The van der Waals surface area contributed by atoms with E-state index >= 15 is 0 Å². The smallest absolute Gasteiger partial charge is 0.335 e. The van der Waals surface area contributed by atoms with Gasteiger partial charge in [0.1, 0.15) is 0 Å². The summed E-state index contributed by atoms with van der Waals surface area (Å²) < 4.78 is 0. The summed E-state index contributed by atoms with van der Waals surface area (Å²) in [5.74, 6) is -0.867. The zero-order valence-electron chi connectivity index (χ0n) is 11.2. The van der Waals surface area contributed by atoms with Crippen molar-refractivity contribution >= 4 is 28.9 Å². The first-order chi connectivity index (χ1) is 9.56. The zero-order chi connectivity index (χ0) is 14.5. The number of benzene rings is 1. The van der Waals surface area contributed by atoms with Gasteiger partial charge in [-0.3, -0.25) is 0 Å². The molecule has 0 radical (unpaired) electrons. The molecule has 20 heavy (non-hydrogen) atoms. The van der Waals surface area contributed by atoms with E-state index in [1.807, 2.05) is 30.6 Å². The first-order valence-electron chi connectivity index (χ1n) is 6.29. The Balaban J connectivity index is 1.93. The maximum Gasteiger partial charge on any atom is 0.335 e. The molecule has 5 heteroatoms. The lowest BCUT2D eigenvalue weighted by Gasteiger charge is -2.16. The third kappa shape index (κ3) is 4.07. The number of aromatic carboxylic acids is 1. The van der Waals surface area contributed by atoms with Gasteiger partial charge in [-0.15, -0.1) is 11.3 Å². The third-order valence-electron chi connectivity index (χ3n) is 3.06. The minimum Gasteiger partial charge on any atom is -0.478 e. The highest BCUT2D eigenvalue weighted by Gasteiger charge is 2.10. The molecule has 0 aliphatic heterocycles. The molecule has 0 aliphatic carbocycles. The summed E-state index contributed by atoms with van der Waals surface area (Å²) in [6, 6.07) is 9.12. The van der Waals surface area contributed by atoms with Gasteiger partial charge in [0.25, 0.3) is 0 Å². The second-order valence-electron chi connectivity index (χ2n) is 4.68. The van der Waals surface area contributed by atoms with Crippen LogP contribution < -0.4 is 0 Å². The van der Waals surface area contributed by atoms with Gasteiger partial charge in [-0.1, -0.05) is 29.8 Å². The van der Waals surface area contributed by atoms with Crippen LogP contribution in [0, 0.1) is 0 Å². The maximum absolute atomic E-state index is 11.1. The van der Waals surface area contributed by atoms with Crippen LogP contribution in [0.5, 0.6) is 0 Å². The van der Waals surface area contributed by atoms with Gasteiger partial charge in [0.15, 0.2) is 0 Å². The standard InChI is InChI=1S/C15H16ClNO2S/c1-17(9-13-8-12(16)10-20-13)7-6-11-4-2-3-5-14(11)15(18)19/h2-5,8,10H,6-7,9H2,1H3,(H,18,19). The Bertz CT molecular complexity index is 597. The van der Waals surface area contributed by atoms with E-state index in [9.17, 15) is 4.79 Å². The minimum absolute atomic E-state index is 0.389. The molecule has 2 rings (SSSR count). The molecule has 0 saturated carbocycles. The highest BCUT2D eigenvalue weighted by atomic mass is 35.5. The van der Waals surface area contributed by atoms with Gasteiger partial charge in [0, 0.05) is 23.3 Å². The number of thiophene rings is 1. The molecule has 2 aromatic rings. The fourth-order valence-electron chi connectivity index (χ4n) is 2.04. The number of carbonyl (C=O) groups is 1. The van der Waals surface area contributed by atoms with E-state index in [0.29, 0.717) is 5.56 Å². The summed E-state index contributed by atoms with van der Waals surface area (Å²) in [7, 11) is 2.02. The number of rotatable bonds is 6. The molecule has 0 amide bonds. The highest BCUT2D eigenvalue weighted by Crippen LogP contribution is 2.20. The Hall–Kier alpha value is -1.36. The van der Waals surface area contributed by atoms with Crippen molar-refractivity contribution in [2.45, 2.75) is 13.0 Å². The molecule has 1 aromatic heterocycles. The molecule has 106 valence electrons. The van der Waals surface area contributed by atoms with Crippen molar-refractivity contribution in [3.63, 3.8) is 0 Å². The van der Waals surface area contributed by atoms with Crippen LogP contribution in [0.25, 0.3) is 0 Å². The van der Waals surface area contributed by atoms with Crippen molar-refractivity contribution in [3.05, 3.63) is 56.7 Å². The Labute approximate surface area is 127 Å². The molecule has 0 fully saturated rings. The average molecular weight is 310 g/mol. The molecular formula is C15H16ClNO2S. The van der Waals surface area contributed by atoms with E-state index < -0.39 is 5.97 Å². The van der Waals surface area contributed by atoms with Crippen molar-refractivity contribution in [3.8, 4) is 0 Å². The van der Waals surface area contributed by atoms with Crippen LogP contribution in [-0.4, -0.2) is 29.6 Å². The molecule has 0 spiro atoms. The number of halogens is 1. The van der Waals surface area contributed by atoms with E-state index in [1.54, 1.807) is 23.5 Å². The highest BCUT2D eigenvalue weighted by molar-refractivity contribution is 7.10. The Morgan fingerprint density at radius 3 is 2.80 bits per heavy atom.